The van der Waals surface area contributed by atoms with Crippen molar-refractivity contribution in [1.29, 1.82) is 0 Å². The summed E-state index contributed by atoms with van der Waals surface area (Å²) < 4.78 is 40.7. The van der Waals surface area contributed by atoms with Gasteiger partial charge in [0.1, 0.15) is 0 Å². The maximum absolute atomic E-state index is 13.1. The highest BCUT2D eigenvalue weighted by Crippen LogP contribution is 2.35. The summed E-state index contributed by atoms with van der Waals surface area (Å²) >= 11 is 0. The van der Waals surface area contributed by atoms with Crippen molar-refractivity contribution in [3.8, 4) is 11.4 Å². The zero-order chi connectivity index (χ0) is 15.6. The molecular formula is C14H10F3N5. The van der Waals surface area contributed by atoms with Crippen molar-refractivity contribution in [3.63, 3.8) is 0 Å². The molecule has 0 bridgehead atoms. The van der Waals surface area contributed by atoms with Gasteiger partial charge in [0.15, 0.2) is 5.82 Å². The lowest BCUT2D eigenvalue weighted by Gasteiger charge is -2.12. The molecule has 0 N–H and O–H groups in total. The van der Waals surface area contributed by atoms with Crippen LogP contribution in [0, 0.1) is 0 Å². The SMILES string of the molecule is FC(F)(F)c1ccccc1-c1nnnn1Cc1cccnc1. The fourth-order valence-electron chi connectivity index (χ4n) is 2.09. The Kier molecular flexibility index (Phi) is 3.58. The van der Waals surface area contributed by atoms with Crippen LogP contribution >= 0.6 is 0 Å². The first kappa shape index (κ1) is 14.2. The number of pyridine rings is 1. The number of nitrogens with zero attached hydrogens (tertiary/aromatic N) is 5. The van der Waals surface area contributed by atoms with Crippen molar-refractivity contribution in [2.45, 2.75) is 12.7 Å². The molecule has 0 spiro atoms. The number of tetrazole rings is 1. The highest BCUT2D eigenvalue weighted by atomic mass is 19.4. The van der Waals surface area contributed by atoms with E-state index in [1.807, 2.05) is 0 Å². The van der Waals surface area contributed by atoms with Gasteiger partial charge < -0.3 is 0 Å². The Hall–Kier alpha value is -2.77. The van der Waals surface area contributed by atoms with Crippen LogP contribution in [0.5, 0.6) is 0 Å². The molecule has 2 heterocycles. The van der Waals surface area contributed by atoms with Gasteiger partial charge in [0.2, 0.25) is 0 Å². The summed E-state index contributed by atoms with van der Waals surface area (Å²) in [7, 11) is 0. The monoisotopic (exact) mass is 305 g/mol. The fraction of sp³-hybridized carbons (Fsp3) is 0.143. The first-order chi connectivity index (χ1) is 10.6. The highest BCUT2D eigenvalue weighted by molar-refractivity contribution is 5.61. The van der Waals surface area contributed by atoms with Crippen molar-refractivity contribution in [1.82, 2.24) is 25.2 Å². The number of hydrogen-bond acceptors (Lipinski definition) is 4. The molecule has 0 fully saturated rings. The smallest absolute Gasteiger partial charge is 0.264 e. The minimum absolute atomic E-state index is 0.0520. The Bertz CT molecular complexity index is 767. The van der Waals surface area contributed by atoms with Gasteiger partial charge in [-0.2, -0.15) is 13.2 Å². The standard InChI is InChI=1S/C14H10F3N5/c15-14(16,17)12-6-2-1-5-11(12)13-19-20-21-22(13)9-10-4-3-7-18-8-10/h1-8H,9H2. The Morgan fingerprint density at radius 1 is 1.05 bits per heavy atom. The van der Waals surface area contributed by atoms with Crippen LogP contribution in [0.15, 0.2) is 48.8 Å². The van der Waals surface area contributed by atoms with Crippen molar-refractivity contribution >= 4 is 0 Å². The highest BCUT2D eigenvalue weighted by Gasteiger charge is 2.34. The van der Waals surface area contributed by atoms with Crippen LogP contribution in [0.3, 0.4) is 0 Å². The molecule has 0 saturated heterocycles. The van der Waals surface area contributed by atoms with Gasteiger partial charge in [-0.3, -0.25) is 4.98 Å². The van der Waals surface area contributed by atoms with E-state index in [9.17, 15) is 13.2 Å². The summed E-state index contributed by atoms with van der Waals surface area (Å²) in [5, 5.41) is 11.0. The maximum Gasteiger partial charge on any atom is 0.417 e. The summed E-state index contributed by atoms with van der Waals surface area (Å²) in [6, 6.07) is 8.76. The molecule has 2 aromatic heterocycles. The molecule has 0 unspecified atom stereocenters. The Morgan fingerprint density at radius 3 is 2.59 bits per heavy atom. The van der Waals surface area contributed by atoms with E-state index in [0.29, 0.717) is 0 Å². The van der Waals surface area contributed by atoms with Crippen LogP contribution < -0.4 is 0 Å². The molecule has 22 heavy (non-hydrogen) atoms. The molecule has 3 rings (SSSR count). The second kappa shape index (κ2) is 5.55. The predicted octanol–water partition coefficient (Wildman–Crippen LogP) is 2.80. The van der Waals surface area contributed by atoms with Crippen LogP contribution in [0.4, 0.5) is 13.2 Å². The van der Waals surface area contributed by atoms with Gasteiger partial charge in [-0.1, -0.05) is 24.3 Å². The van der Waals surface area contributed by atoms with Gasteiger partial charge in [-0.15, -0.1) is 5.10 Å². The lowest BCUT2D eigenvalue weighted by molar-refractivity contribution is -0.137. The lowest BCUT2D eigenvalue weighted by atomic mass is 10.1. The molecule has 0 aliphatic carbocycles. The Balaban J connectivity index is 2.03. The molecule has 0 saturated carbocycles. The van der Waals surface area contributed by atoms with E-state index in [-0.39, 0.29) is 17.9 Å². The molecule has 1 aromatic carbocycles. The fourth-order valence-corrected chi connectivity index (χ4v) is 2.09. The van der Waals surface area contributed by atoms with E-state index in [1.165, 1.54) is 22.9 Å². The van der Waals surface area contributed by atoms with Crippen LogP contribution in [-0.2, 0) is 12.7 Å². The summed E-state index contributed by atoms with van der Waals surface area (Å²) in [4.78, 5) is 3.96. The number of aromatic nitrogens is 5. The average Bonchev–Trinajstić information content (AvgIpc) is 2.95. The van der Waals surface area contributed by atoms with E-state index >= 15 is 0 Å². The number of benzene rings is 1. The normalized spacial score (nSPS) is 11.6. The molecule has 0 atom stereocenters. The van der Waals surface area contributed by atoms with Gasteiger partial charge in [0.05, 0.1) is 12.1 Å². The van der Waals surface area contributed by atoms with Crippen molar-refractivity contribution in [3.05, 3.63) is 59.9 Å². The van der Waals surface area contributed by atoms with E-state index in [2.05, 4.69) is 20.5 Å². The van der Waals surface area contributed by atoms with Crippen LogP contribution in [0.2, 0.25) is 0 Å². The van der Waals surface area contributed by atoms with E-state index in [1.54, 1.807) is 24.5 Å². The molecule has 3 aromatic rings. The minimum Gasteiger partial charge on any atom is -0.264 e. The summed E-state index contributed by atoms with van der Waals surface area (Å²) in [5.41, 5.74) is -0.0262. The molecule has 0 radical (unpaired) electrons. The summed E-state index contributed by atoms with van der Waals surface area (Å²) in [5.74, 6) is 0.0665. The summed E-state index contributed by atoms with van der Waals surface area (Å²) in [6.45, 7) is 0.238. The molecular weight excluding hydrogens is 295 g/mol. The Labute approximate surface area is 123 Å². The predicted molar refractivity (Wildman–Crippen MR) is 71.6 cm³/mol. The number of halogens is 3. The maximum atomic E-state index is 13.1. The number of alkyl halides is 3. The van der Waals surface area contributed by atoms with Crippen LogP contribution in [-0.4, -0.2) is 25.2 Å². The third-order valence-electron chi connectivity index (χ3n) is 3.06. The van der Waals surface area contributed by atoms with Crippen LogP contribution in [0.25, 0.3) is 11.4 Å². The zero-order valence-electron chi connectivity index (χ0n) is 11.2. The van der Waals surface area contributed by atoms with Gasteiger partial charge >= 0.3 is 6.18 Å². The molecule has 112 valence electrons. The molecule has 0 aliphatic heterocycles. The quantitative estimate of drug-likeness (QED) is 0.746. The molecule has 5 nitrogen and oxygen atoms in total. The zero-order valence-corrected chi connectivity index (χ0v) is 11.2. The van der Waals surface area contributed by atoms with E-state index in [0.717, 1.165) is 11.6 Å². The van der Waals surface area contributed by atoms with Crippen molar-refractivity contribution < 1.29 is 13.2 Å². The average molecular weight is 305 g/mol. The number of hydrogen-bond donors (Lipinski definition) is 0. The van der Waals surface area contributed by atoms with Gasteiger partial charge in [0.25, 0.3) is 0 Å². The largest absolute Gasteiger partial charge is 0.417 e. The molecule has 8 heteroatoms. The van der Waals surface area contributed by atoms with Crippen molar-refractivity contribution in [2.75, 3.05) is 0 Å². The van der Waals surface area contributed by atoms with Crippen LogP contribution in [0.1, 0.15) is 11.1 Å². The lowest BCUT2D eigenvalue weighted by Crippen LogP contribution is -2.10. The molecule has 0 amide bonds. The van der Waals surface area contributed by atoms with E-state index < -0.39 is 11.7 Å². The minimum atomic E-state index is -4.47. The summed E-state index contributed by atoms with van der Waals surface area (Å²) in [6.07, 6.45) is -1.24. The van der Waals surface area contributed by atoms with Gasteiger partial charge in [0, 0.05) is 18.0 Å². The van der Waals surface area contributed by atoms with Gasteiger partial charge in [-0.05, 0) is 28.1 Å². The second-order valence-corrected chi connectivity index (χ2v) is 4.56. The topological polar surface area (TPSA) is 56.5 Å². The molecule has 0 aliphatic rings. The third-order valence-corrected chi connectivity index (χ3v) is 3.06. The van der Waals surface area contributed by atoms with Crippen molar-refractivity contribution in [2.24, 2.45) is 0 Å². The van der Waals surface area contributed by atoms with Gasteiger partial charge in [-0.25, -0.2) is 4.68 Å². The number of rotatable bonds is 3. The second-order valence-electron chi connectivity index (χ2n) is 4.56. The first-order valence-electron chi connectivity index (χ1n) is 6.37. The third kappa shape index (κ3) is 2.80. The Morgan fingerprint density at radius 2 is 1.86 bits per heavy atom. The van der Waals surface area contributed by atoms with E-state index in [4.69, 9.17) is 0 Å². The first-order valence-corrected chi connectivity index (χ1v) is 6.37.